The summed E-state index contributed by atoms with van der Waals surface area (Å²) in [4.78, 5) is 10.2. The lowest BCUT2D eigenvalue weighted by molar-refractivity contribution is -0.137. The SMILES string of the molecule is CCC(CC)SCCCCCC(=O)O. The van der Waals surface area contributed by atoms with Crippen molar-refractivity contribution in [3.63, 3.8) is 0 Å². The highest BCUT2D eigenvalue weighted by atomic mass is 32.2. The number of carboxylic acid groups (broad SMARTS) is 1. The largest absolute Gasteiger partial charge is 0.481 e. The predicted molar refractivity (Wildman–Crippen MR) is 62.9 cm³/mol. The Hall–Kier alpha value is -0.180. The molecule has 14 heavy (non-hydrogen) atoms. The lowest BCUT2D eigenvalue weighted by Crippen LogP contribution is -1.99. The Morgan fingerprint density at radius 2 is 1.86 bits per heavy atom. The van der Waals surface area contributed by atoms with E-state index in [2.05, 4.69) is 13.8 Å². The zero-order valence-electron chi connectivity index (χ0n) is 9.29. The van der Waals surface area contributed by atoms with E-state index >= 15 is 0 Å². The van der Waals surface area contributed by atoms with E-state index in [4.69, 9.17) is 5.11 Å². The highest BCUT2D eigenvalue weighted by Gasteiger charge is 2.03. The first-order chi connectivity index (χ1) is 6.70. The molecule has 3 heteroatoms. The molecule has 0 heterocycles. The van der Waals surface area contributed by atoms with Crippen molar-refractivity contribution in [2.45, 2.75) is 57.6 Å². The molecule has 0 unspecified atom stereocenters. The minimum Gasteiger partial charge on any atom is -0.481 e. The molecule has 2 nitrogen and oxygen atoms in total. The first kappa shape index (κ1) is 13.8. The first-order valence-corrected chi connectivity index (χ1v) is 6.59. The van der Waals surface area contributed by atoms with Crippen molar-refractivity contribution in [1.82, 2.24) is 0 Å². The highest BCUT2D eigenvalue weighted by molar-refractivity contribution is 7.99. The van der Waals surface area contributed by atoms with Gasteiger partial charge in [0, 0.05) is 11.7 Å². The van der Waals surface area contributed by atoms with Gasteiger partial charge < -0.3 is 5.11 Å². The zero-order valence-corrected chi connectivity index (χ0v) is 10.1. The summed E-state index contributed by atoms with van der Waals surface area (Å²) in [6.07, 6.45) is 5.87. The summed E-state index contributed by atoms with van der Waals surface area (Å²) < 4.78 is 0. The Labute approximate surface area is 91.5 Å². The summed E-state index contributed by atoms with van der Waals surface area (Å²) in [5, 5.41) is 9.23. The Morgan fingerprint density at radius 3 is 2.36 bits per heavy atom. The van der Waals surface area contributed by atoms with Gasteiger partial charge in [-0.3, -0.25) is 4.79 Å². The van der Waals surface area contributed by atoms with Gasteiger partial charge in [0.15, 0.2) is 0 Å². The second kappa shape index (κ2) is 9.38. The van der Waals surface area contributed by atoms with Crippen molar-refractivity contribution in [2.75, 3.05) is 5.75 Å². The molecule has 0 aromatic heterocycles. The number of hydrogen-bond donors (Lipinski definition) is 1. The van der Waals surface area contributed by atoms with Gasteiger partial charge in [0.2, 0.25) is 0 Å². The maximum atomic E-state index is 10.2. The third-order valence-electron chi connectivity index (χ3n) is 2.30. The highest BCUT2D eigenvalue weighted by Crippen LogP contribution is 2.19. The summed E-state index contributed by atoms with van der Waals surface area (Å²) >= 11 is 2.03. The second-order valence-electron chi connectivity index (χ2n) is 3.51. The number of carbonyl (C=O) groups is 1. The van der Waals surface area contributed by atoms with Crippen molar-refractivity contribution >= 4 is 17.7 Å². The minimum atomic E-state index is -0.669. The van der Waals surface area contributed by atoms with E-state index in [9.17, 15) is 4.79 Å². The van der Waals surface area contributed by atoms with E-state index in [1.54, 1.807) is 0 Å². The van der Waals surface area contributed by atoms with Crippen LogP contribution >= 0.6 is 11.8 Å². The van der Waals surface area contributed by atoms with Gasteiger partial charge in [-0.25, -0.2) is 0 Å². The molecule has 0 aromatic carbocycles. The van der Waals surface area contributed by atoms with Crippen molar-refractivity contribution in [3.05, 3.63) is 0 Å². The van der Waals surface area contributed by atoms with E-state index in [0.29, 0.717) is 6.42 Å². The molecule has 0 aromatic rings. The molecule has 1 N–H and O–H groups in total. The predicted octanol–water partition coefficient (Wildman–Crippen LogP) is 3.55. The van der Waals surface area contributed by atoms with Crippen LogP contribution in [0, 0.1) is 0 Å². The molecule has 0 saturated carbocycles. The van der Waals surface area contributed by atoms with Gasteiger partial charge in [-0.05, 0) is 31.4 Å². The number of unbranched alkanes of at least 4 members (excludes halogenated alkanes) is 2. The second-order valence-corrected chi connectivity index (χ2v) is 4.92. The molecule has 84 valence electrons. The molecule has 0 fully saturated rings. The van der Waals surface area contributed by atoms with Gasteiger partial charge in [0.05, 0.1) is 0 Å². The molecule has 0 saturated heterocycles. The number of hydrogen-bond acceptors (Lipinski definition) is 2. The summed E-state index contributed by atoms with van der Waals surface area (Å²) in [7, 11) is 0. The zero-order chi connectivity index (χ0) is 10.8. The molecule has 0 amide bonds. The lowest BCUT2D eigenvalue weighted by Gasteiger charge is -2.10. The molecular formula is C11H22O2S. The Morgan fingerprint density at radius 1 is 1.21 bits per heavy atom. The fourth-order valence-corrected chi connectivity index (χ4v) is 2.50. The maximum absolute atomic E-state index is 10.2. The summed E-state index contributed by atoms with van der Waals surface area (Å²) in [5.41, 5.74) is 0. The van der Waals surface area contributed by atoms with Gasteiger partial charge in [-0.15, -0.1) is 0 Å². The van der Waals surface area contributed by atoms with Crippen molar-refractivity contribution in [3.8, 4) is 0 Å². The smallest absolute Gasteiger partial charge is 0.303 e. The number of aliphatic carboxylic acids is 1. The summed E-state index contributed by atoms with van der Waals surface area (Å²) in [6, 6.07) is 0. The third kappa shape index (κ3) is 8.42. The minimum absolute atomic E-state index is 0.329. The van der Waals surface area contributed by atoms with Crippen molar-refractivity contribution in [1.29, 1.82) is 0 Å². The fraction of sp³-hybridized carbons (Fsp3) is 0.909. The molecule has 0 atom stereocenters. The standard InChI is InChI=1S/C11H22O2S/c1-3-10(4-2)14-9-7-5-6-8-11(12)13/h10H,3-9H2,1-2H3,(H,12,13). The Kier molecular flexibility index (Phi) is 9.26. The van der Waals surface area contributed by atoms with Gasteiger partial charge in [0.1, 0.15) is 0 Å². The molecule has 0 spiro atoms. The summed E-state index contributed by atoms with van der Waals surface area (Å²) in [5.74, 6) is 0.518. The van der Waals surface area contributed by atoms with Crippen LogP contribution in [0.1, 0.15) is 52.4 Å². The van der Waals surface area contributed by atoms with Crippen LogP contribution in [0.2, 0.25) is 0 Å². The van der Waals surface area contributed by atoms with Crippen LogP contribution in [0.4, 0.5) is 0 Å². The van der Waals surface area contributed by atoms with Crippen LogP contribution in [0.3, 0.4) is 0 Å². The Balaban J connectivity index is 3.16. The van der Waals surface area contributed by atoms with E-state index in [1.165, 1.54) is 18.6 Å². The molecule has 0 radical (unpaired) electrons. The number of thioether (sulfide) groups is 1. The van der Waals surface area contributed by atoms with Crippen LogP contribution in [0.25, 0.3) is 0 Å². The summed E-state index contributed by atoms with van der Waals surface area (Å²) in [6.45, 7) is 4.46. The van der Waals surface area contributed by atoms with Gasteiger partial charge >= 0.3 is 5.97 Å². The van der Waals surface area contributed by atoms with Crippen molar-refractivity contribution in [2.24, 2.45) is 0 Å². The average molecular weight is 218 g/mol. The molecule has 0 bridgehead atoms. The molecule has 0 aliphatic heterocycles. The lowest BCUT2D eigenvalue weighted by atomic mass is 10.2. The van der Waals surface area contributed by atoms with Crippen LogP contribution in [0.5, 0.6) is 0 Å². The molecule has 0 rings (SSSR count). The van der Waals surface area contributed by atoms with Crippen LogP contribution < -0.4 is 0 Å². The molecule has 0 aliphatic carbocycles. The van der Waals surface area contributed by atoms with Gasteiger partial charge in [-0.1, -0.05) is 20.3 Å². The van der Waals surface area contributed by atoms with Crippen LogP contribution in [-0.2, 0) is 4.79 Å². The van der Waals surface area contributed by atoms with E-state index in [1.807, 2.05) is 11.8 Å². The third-order valence-corrected chi connectivity index (χ3v) is 3.96. The van der Waals surface area contributed by atoms with Crippen LogP contribution in [0.15, 0.2) is 0 Å². The van der Waals surface area contributed by atoms with E-state index < -0.39 is 5.97 Å². The van der Waals surface area contributed by atoms with E-state index in [-0.39, 0.29) is 0 Å². The first-order valence-electron chi connectivity index (χ1n) is 5.54. The molecular weight excluding hydrogens is 196 g/mol. The number of rotatable bonds is 9. The van der Waals surface area contributed by atoms with Gasteiger partial charge in [0.25, 0.3) is 0 Å². The monoisotopic (exact) mass is 218 g/mol. The quantitative estimate of drug-likeness (QED) is 0.601. The van der Waals surface area contributed by atoms with Crippen LogP contribution in [-0.4, -0.2) is 22.1 Å². The van der Waals surface area contributed by atoms with E-state index in [0.717, 1.165) is 24.5 Å². The fourth-order valence-electron chi connectivity index (χ4n) is 1.33. The topological polar surface area (TPSA) is 37.3 Å². The van der Waals surface area contributed by atoms with Crippen molar-refractivity contribution < 1.29 is 9.90 Å². The van der Waals surface area contributed by atoms with Gasteiger partial charge in [-0.2, -0.15) is 11.8 Å². The molecule has 0 aliphatic rings. The average Bonchev–Trinajstić information content (AvgIpc) is 2.16. The number of carboxylic acids is 1. The maximum Gasteiger partial charge on any atom is 0.303 e. The Bertz CT molecular complexity index is 144. The normalized spacial score (nSPS) is 10.8.